The van der Waals surface area contributed by atoms with Gasteiger partial charge < -0.3 is 4.74 Å². The zero-order chi connectivity index (χ0) is 12.3. The third-order valence-electron chi connectivity index (χ3n) is 2.22. The Bertz CT molecular complexity index is 509. The highest BCUT2D eigenvalue weighted by atomic mass is 35.5. The summed E-state index contributed by atoms with van der Waals surface area (Å²) >= 11 is 17.6. The molecule has 2 aromatic carbocycles. The molecule has 88 valence electrons. The van der Waals surface area contributed by atoms with E-state index in [4.69, 9.17) is 39.5 Å². The van der Waals surface area contributed by atoms with E-state index in [1.165, 1.54) is 0 Å². The number of hydrogen-bond acceptors (Lipinski definition) is 1. The van der Waals surface area contributed by atoms with Crippen LogP contribution in [0.5, 0.6) is 5.75 Å². The van der Waals surface area contributed by atoms with Crippen LogP contribution >= 0.6 is 34.8 Å². The van der Waals surface area contributed by atoms with Gasteiger partial charge in [-0.1, -0.05) is 40.9 Å². The molecule has 0 aromatic heterocycles. The molecular weight excluding hydrogens is 279 g/mol. The molecule has 4 heteroatoms. The molecule has 0 saturated carbocycles. The summed E-state index contributed by atoms with van der Waals surface area (Å²) in [6.45, 7) is 0.400. The van der Waals surface area contributed by atoms with Crippen LogP contribution in [-0.2, 0) is 6.61 Å². The molecule has 1 nitrogen and oxygen atoms in total. The van der Waals surface area contributed by atoms with E-state index in [2.05, 4.69) is 0 Å². The van der Waals surface area contributed by atoms with Gasteiger partial charge in [0.25, 0.3) is 0 Å². The molecule has 0 aliphatic carbocycles. The number of rotatable bonds is 3. The predicted octanol–water partition coefficient (Wildman–Crippen LogP) is 5.23. The zero-order valence-electron chi connectivity index (χ0n) is 8.79. The van der Waals surface area contributed by atoms with E-state index in [9.17, 15) is 0 Å². The van der Waals surface area contributed by atoms with Gasteiger partial charge in [0.15, 0.2) is 0 Å². The molecule has 0 aliphatic rings. The quantitative estimate of drug-likeness (QED) is 0.751. The molecule has 0 amide bonds. The van der Waals surface area contributed by atoms with E-state index in [1.54, 1.807) is 24.3 Å². The van der Waals surface area contributed by atoms with Crippen molar-refractivity contribution in [2.24, 2.45) is 0 Å². The van der Waals surface area contributed by atoms with Crippen LogP contribution in [0.2, 0.25) is 15.1 Å². The van der Waals surface area contributed by atoms with E-state index in [0.29, 0.717) is 21.7 Å². The lowest BCUT2D eigenvalue weighted by Gasteiger charge is -2.08. The second-order valence-corrected chi connectivity index (χ2v) is 4.76. The first-order valence-electron chi connectivity index (χ1n) is 4.97. The summed E-state index contributed by atoms with van der Waals surface area (Å²) in [5.41, 5.74) is 0.894. The van der Waals surface area contributed by atoms with Gasteiger partial charge in [-0.3, -0.25) is 0 Å². The monoisotopic (exact) mass is 286 g/mol. The third-order valence-corrected chi connectivity index (χ3v) is 3.06. The van der Waals surface area contributed by atoms with Crippen molar-refractivity contribution < 1.29 is 4.74 Å². The van der Waals surface area contributed by atoms with Crippen LogP contribution in [0.15, 0.2) is 42.5 Å². The molecule has 0 bridgehead atoms. The van der Waals surface area contributed by atoms with Crippen molar-refractivity contribution in [3.8, 4) is 5.75 Å². The smallest absolute Gasteiger partial charge is 0.119 e. The summed E-state index contributed by atoms with van der Waals surface area (Å²) in [5, 5.41) is 1.90. The molecule has 0 N–H and O–H groups in total. The second kappa shape index (κ2) is 5.63. The zero-order valence-corrected chi connectivity index (χ0v) is 11.1. The van der Waals surface area contributed by atoms with Gasteiger partial charge in [-0.05, 0) is 36.4 Å². The van der Waals surface area contributed by atoms with Gasteiger partial charge >= 0.3 is 0 Å². The van der Waals surface area contributed by atoms with Crippen molar-refractivity contribution >= 4 is 34.8 Å². The first-order chi connectivity index (χ1) is 8.15. The van der Waals surface area contributed by atoms with Crippen molar-refractivity contribution in [2.45, 2.75) is 6.61 Å². The molecule has 0 radical (unpaired) electrons. The average Bonchev–Trinajstić information content (AvgIpc) is 2.30. The molecule has 0 spiro atoms. The molecule has 0 aliphatic heterocycles. The molecule has 17 heavy (non-hydrogen) atoms. The average molecular weight is 288 g/mol. The lowest BCUT2D eigenvalue weighted by atomic mass is 10.2. The van der Waals surface area contributed by atoms with Crippen LogP contribution in [-0.4, -0.2) is 0 Å². The van der Waals surface area contributed by atoms with Gasteiger partial charge in [0, 0.05) is 20.6 Å². The minimum Gasteiger partial charge on any atom is -0.489 e. The highest BCUT2D eigenvalue weighted by Gasteiger charge is 2.02. The Kier molecular flexibility index (Phi) is 4.16. The molecule has 2 rings (SSSR count). The van der Waals surface area contributed by atoms with Crippen LogP contribution in [0.25, 0.3) is 0 Å². The number of ether oxygens (including phenoxy) is 1. The second-order valence-electron chi connectivity index (χ2n) is 3.48. The molecule has 2 aromatic rings. The van der Waals surface area contributed by atoms with E-state index in [0.717, 1.165) is 11.3 Å². The lowest BCUT2D eigenvalue weighted by molar-refractivity contribution is 0.306. The minimum atomic E-state index is 0.400. The molecular formula is C13H9Cl3O. The van der Waals surface area contributed by atoms with Crippen LogP contribution < -0.4 is 4.74 Å². The minimum absolute atomic E-state index is 0.400. The van der Waals surface area contributed by atoms with Crippen molar-refractivity contribution in [3.63, 3.8) is 0 Å². The van der Waals surface area contributed by atoms with Crippen molar-refractivity contribution in [2.75, 3.05) is 0 Å². The van der Waals surface area contributed by atoms with Gasteiger partial charge in [0.1, 0.15) is 12.4 Å². The van der Waals surface area contributed by atoms with Crippen molar-refractivity contribution in [1.82, 2.24) is 0 Å². The molecule has 0 heterocycles. The highest BCUT2D eigenvalue weighted by Crippen LogP contribution is 2.23. The topological polar surface area (TPSA) is 9.23 Å². The maximum Gasteiger partial charge on any atom is 0.119 e. The normalized spacial score (nSPS) is 10.3. The van der Waals surface area contributed by atoms with Gasteiger partial charge in [-0.25, -0.2) is 0 Å². The van der Waals surface area contributed by atoms with E-state index in [-0.39, 0.29) is 0 Å². The maximum absolute atomic E-state index is 6.04. The van der Waals surface area contributed by atoms with Crippen molar-refractivity contribution in [3.05, 3.63) is 63.1 Å². The summed E-state index contributed by atoms with van der Waals surface area (Å²) in [6, 6.07) is 12.5. The Balaban J connectivity index is 2.04. The molecule has 0 atom stereocenters. The fourth-order valence-electron chi connectivity index (χ4n) is 1.33. The van der Waals surface area contributed by atoms with Crippen LogP contribution in [0.1, 0.15) is 5.56 Å². The van der Waals surface area contributed by atoms with Crippen LogP contribution in [0, 0.1) is 0 Å². The van der Waals surface area contributed by atoms with Crippen LogP contribution in [0.4, 0.5) is 0 Å². The molecule has 0 unspecified atom stereocenters. The Hall–Kier alpha value is -0.890. The Labute approximate surface area is 115 Å². The van der Waals surface area contributed by atoms with Crippen molar-refractivity contribution in [1.29, 1.82) is 0 Å². The van der Waals surface area contributed by atoms with Gasteiger partial charge in [-0.15, -0.1) is 0 Å². The number of halogens is 3. The Morgan fingerprint density at radius 1 is 0.824 bits per heavy atom. The Morgan fingerprint density at radius 2 is 1.47 bits per heavy atom. The SMILES string of the molecule is Clc1ccc(OCc2ccc(Cl)cc2Cl)cc1. The van der Waals surface area contributed by atoms with E-state index in [1.807, 2.05) is 18.2 Å². The van der Waals surface area contributed by atoms with E-state index >= 15 is 0 Å². The summed E-state index contributed by atoms with van der Waals surface area (Å²) in [5.74, 6) is 0.750. The van der Waals surface area contributed by atoms with Crippen LogP contribution in [0.3, 0.4) is 0 Å². The standard InChI is InChI=1S/C13H9Cl3O/c14-10-3-5-12(6-4-10)17-8-9-1-2-11(15)7-13(9)16/h1-7H,8H2. The predicted molar refractivity (Wildman–Crippen MR) is 72.2 cm³/mol. The maximum atomic E-state index is 6.04. The summed E-state index contributed by atoms with van der Waals surface area (Å²) in [4.78, 5) is 0. The summed E-state index contributed by atoms with van der Waals surface area (Å²) < 4.78 is 5.58. The van der Waals surface area contributed by atoms with Gasteiger partial charge in [0.05, 0.1) is 0 Å². The number of benzene rings is 2. The fraction of sp³-hybridized carbons (Fsp3) is 0.0769. The van der Waals surface area contributed by atoms with E-state index < -0.39 is 0 Å². The lowest BCUT2D eigenvalue weighted by Crippen LogP contribution is -1.95. The third kappa shape index (κ3) is 3.53. The fourth-order valence-corrected chi connectivity index (χ4v) is 1.92. The Morgan fingerprint density at radius 3 is 2.12 bits per heavy atom. The molecule has 0 saturated heterocycles. The highest BCUT2D eigenvalue weighted by molar-refractivity contribution is 6.35. The largest absolute Gasteiger partial charge is 0.489 e. The van der Waals surface area contributed by atoms with Gasteiger partial charge in [-0.2, -0.15) is 0 Å². The van der Waals surface area contributed by atoms with Gasteiger partial charge in [0.2, 0.25) is 0 Å². The molecule has 0 fully saturated rings. The number of hydrogen-bond donors (Lipinski definition) is 0. The first kappa shape index (κ1) is 12.6. The summed E-state index contributed by atoms with van der Waals surface area (Å²) in [6.07, 6.45) is 0. The summed E-state index contributed by atoms with van der Waals surface area (Å²) in [7, 11) is 0. The first-order valence-corrected chi connectivity index (χ1v) is 6.11.